The summed E-state index contributed by atoms with van der Waals surface area (Å²) in [4.78, 5) is 24.1. The lowest BCUT2D eigenvalue weighted by Gasteiger charge is -2.45. The van der Waals surface area contributed by atoms with Gasteiger partial charge in [0.25, 0.3) is 5.69 Å². The van der Waals surface area contributed by atoms with Crippen LogP contribution in [0, 0.1) is 16.0 Å². The molecule has 1 saturated carbocycles. The fourth-order valence-corrected chi connectivity index (χ4v) is 3.94. The topological polar surface area (TPSA) is 63.4 Å². The van der Waals surface area contributed by atoms with Gasteiger partial charge in [-0.15, -0.1) is 0 Å². The highest BCUT2D eigenvalue weighted by molar-refractivity contribution is 5.86. The maximum absolute atomic E-state index is 11.4. The van der Waals surface area contributed by atoms with E-state index < -0.39 is 4.92 Å². The summed E-state index contributed by atoms with van der Waals surface area (Å²) in [6.45, 7) is 0.944. The Morgan fingerprint density at radius 3 is 2.71 bits per heavy atom. The smallest absolute Gasteiger partial charge is 0.270 e. The first-order chi connectivity index (χ1) is 10.2. The van der Waals surface area contributed by atoms with Crippen molar-refractivity contribution in [1.29, 1.82) is 0 Å². The van der Waals surface area contributed by atoms with Crippen LogP contribution < -0.4 is 4.90 Å². The van der Waals surface area contributed by atoms with Crippen LogP contribution in [0.1, 0.15) is 48.9 Å². The number of piperidine rings is 1. The molecule has 5 heteroatoms. The van der Waals surface area contributed by atoms with Crippen LogP contribution in [-0.4, -0.2) is 23.8 Å². The van der Waals surface area contributed by atoms with E-state index >= 15 is 0 Å². The largest absolute Gasteiger partial charge is 0.368 e. The molecule has 1 aromatic carbocycles. The average Bonchev–Trinajstić information content (AvgIpc) is 2.53. The second-order valence-electron chi connectivity index (χ2n) is 6.07. The van der Waals surface area contributed by atoms with Crippen LogP contribution >= 0.6 is 0 Å². The Labute approximate surface area is 124 Å². The molecule has 1 heterocycles. The Kier molecular flexibility index (Phi) is 3.90. The second kappa shape index (κ2) is 5.84. The first-order valence-electron chi connectivity index (χ1n) is 7.71. The summed E-state index contributed by atoms with van der Waals surface area (Å²) in [6, 6.07) is 5.15. The molecule has 1 aromatic rings. The molecule has 1 aliphatic carbocycles. The maximum atomic E-state index is 11.4. The molecule has 112 valence electrons. The van der Waals surface area contributed by atoms with Gasteiger partial charge < -0.3 is 4.90 Å². The van der Waals surface area contributed by atoms with Gasteiger partial charge in [-0.3, -0.25) is 14.9 Å². The van der Waals surface area contributed by atoms with E-state index in [2.05, 4.69) is 4.90 Å². The molecule has 5 nitrogen and oxygen atoms in total. The number of benzene rings is 1. The van der Waals surface area contributed by atoms with Gasteiger partial charge in [0, 0.05) is 36.0 Å². The summed E-state index contributed by atoms with van der Waals surface area (Å²) in [7, 11) is 0. The lowest BCUT2D eigenvalue weighted by molar-refractivity contribution is -0.384. The normalized spacial score (nSPS) is 25.2. The lowest BCUT2D eigenvalue weighted by Crippen LogP contribution is -2.47. The Balaban J connectivity index is 1.94. The molecular formula is C16H20N2O3. The third kappa shape index (κ3) is 2.64. The summed E-state index contributed by atoms with van der Waals surface area (Å²) in [5.74, 6) is 0.710. The Morgan fingerprint density at radius 2 is 1.95 bits per heavy atom. The highest BCUT2D eigenvalue weighted by atomic mass is 16.6. The van der Waals surface area contributed by atoms with Gasteiger partial charge in [0.2, 0.25) is 0 Å². The van der Waals surface area contributed by atoms with E-state index in [9.17, 15) is 14.9 Å². The zero-order valence-corrected chi connectivity index (χ0v) is 12.0. The molecule has 0 N–H and O–H groups in total. The molecule has 2 fully saturated rings. The first kappa shape index (κ1) is 14.0. The van der Waals surface area contributed by atoms with Gasteiger partial charge in [0.15, 0.2) is 6.29 Å². The van der Waals surface area contributed by atoms with Gasteiger partial charge in [-0.25, -0.2) is 0 Å². The number of hydrogen-bond acceptors (Lipinski definition) is 4. The van der Waals surface area contributed by atoms with Crippen molar-refractivity contribution in [3.63, 3.8) is 0 Å². The van der Waals surface area contributed by atoms with Crippen LogP contribution in [0.3, 0.4) is 0 Å². The van der Waals surface area contributed by atoms with Crippen molar-refractivity contribution in [3.8, 4) is 0 Å². The number of nitro groups is 1. The number of aldehydes is 1. The first-order valence-corrected chi connectivity index (χ1v) is 7.71. The molecule has 0 spiro atoms. The van der Waals surface area contributed by atoms with Crippen molar-refractivity contribution in [2.24, 2.45) is 5.92 Å². The third-order valence-corrected chi connectivity index (χ3v) is 4.90. The number of hydrogen-bond donors (Lipinski definition) is 0. The van der Waals surface area contributed by atoms with E-state index in [4.69, 9.17) is 0 Å². The summed E-state index contributed by atoms with van der Waals surface area (Å²) in [5, 5.41) is 10.9. The van der Waals surface area contributed by atoms with Crippen LogP contribution in [0.25, 0.3) is 0 Å². The molecule has 0 aromatic heterocycles. The molecule has 2 unspecified atom stereocenters. The number of anilines is 1. The molecule has 0 amide bonds. The third-order valence-electron chi connectivity index (χ3n) is 4.90. The van der Waals surface area contributed by atoms with Crippen LogP contribution in [0.4, 0.5) is 11.4 Å². The van der Waals surface area contributed by atoms with Crippen LogP contribution in [-0.2, 0) is 0 Å². The second-order valence-corrected chi connectivity index (χ2v) is 6.07. The van der Waals surface area contributed by atoms with E-state index in [-0.39, 0.29) is 5.69 Å². The van der Waals surface area contributed by atoms with Gasteiger partial charge in [0.1, 0.15) is 0 Å². The molecule has 1 aliphatic heterocycles. The molecule has 21 heavy (non-hydrogen) atoms. The fraction of sp³-hybridized carbons (Fsp3) is 0.562. The number of nitrogens with zero attached hydrogens (tertiary/aromatic N) is 2. The number of non-ortho nitro benzene ring substituents is 1. The van der Waals surface area contributed by atoms with Crippen molar-refractivity contribution in [3.05, 3.63) is 33.9 Å². The molecule has 0 radical (unpaired) electrons. The van der Waals surface area contributed by atoms with Gasteiger partial charge >= 0.3 is 0 Å². The van der Waals surface area contributed by atoms with E-state index in [1.807, 2.05) is 0 Å². The van der Waals surface area contributed by atoms with E-state index in [1.165, 1.54) is 44.2 Å². The van der Waals surface area contributed by atoms with E-state index in [0.717, 1.165) is 24.9 Å². The van der Waals surface area contributed by atoms with Crippen molar-refractivity contribution >= 4 is 17.7 Å². The molecule has 2 aliphatic rings. The van der Waals surface area contributed by atoms with Gasteiger partial charge in [-0.2, -0.15) is 0 Å². The SMILES string of the molecule is O=Cc1cc([N+](=O)[O-])ccc1N1CCCC2CCCCC21. The molecule has 2 atom stereocenters. The fourth-order valence-electron chi connectivity index (χ4n) is 3.94. The number of rotatable bonds is 3. The Hall–Kier alpha value is -1.91. The van der Waals surface area contributed by atoms with E-state index in [1.54, 1.807) is 6.07 Å². The standard InChI is InChI=1S/C16H20N2O3/c19-11-13-10-14(18(20)21)7-8-16(13)17-9-3-5-12-4-1-2-6-15(12)17/h7-8,10-12,15H,1-6,9H2. The minimum atomic E-state index is -0.448. The van der Waals surface area contributed by atoms with Gasteiger partial charge in [0.05, 0.1) is 4.92 Å². The van der Waals surface area contributed by atoms with Crippen LogP contribution in [0.15, 0.2) is 18.2 Å². The van der Waals surface area contributed by atoms with Crippen LogP contribution in [0.5, 0.6) is 0 Å². The highest BCUT2D eigenvalue weighted by Gasteiger charge is 2.34. The predicted octanol–water partition coefficient (Wildman–Crippen LogP) is 3.57. The summed E-state index contributed by atoms with van der Waals surface area (Å²) in [6.07, 6.45) is 8.12. The van der Waals surface area contributed by atoms with Crippen LogP contribution in [0.2, 0.25) is 0 Å². The molecule has 0 bridgehead atoms. The van der Waals surface area contributed by atoms with Crippen molar-refractivity contribution in [2.45, 2.75) is 44.6 Å². The number of fused-ring (bicyclic) bond motifs is 1. The quantitative estimate of drug-likeness (QED) is 0.484. The molecule has 1 saturated heterocycles. The number of nitro benzene ring substituents is 1. The minimum Gasteiger partial charge on any atom is -0.368 e. The molecule has 3 rings (SSSR count). The highest BCUT2D eigenvalue weighted by Crippen LogP contribution is 2.39. The summed E-state index contributed by atoms with van der Waals surface area (Å²) in [5.41, 5.74) is 1.29. The van der Waals surface area contributed by atoms with E-state index in [0.29, 0.717) is 17.5 Å². The summed E-state index contributed by atoms with van der Waals surface area (Å²) < 4.78 is 0. The van der Waals surface area contributed by atoms with Gasteiger partial charge in [-0.1, -0.05) is 12.8 Å². The zero-order chi connectivity index (χ0) is 14.8. The Bertz CT molecular complexity index is 556. The average molecular weight is 288 g/mol. The monoisotopic (exact) mass is 288 g/mol. The lowest BCUT2D eigenvalue weighted by atomic mass is 9.78. The zero-order valence-electron chi connectivity index (χ0n) is 12.0. The Morgan fingerprint density at radius 1 is 1.19 bits per heavy atom. The summed E-state index contributed by atoms with van der Waals surface area (Å²) >= 11 is 0. The predicted molar refractivity (Wildman–Crippen MR) is 80.8 cm³/mol. The van der Waals surface area contributed by atoms with Gasteiger partial charge in [-0.05, 0) is 37.7 Å². The maximum Gasteiger partial charge on any atom is 0.270 e. The van der Waals surface area contributed by atoms with Crippen molar-refractivity contribution < 1.29 is 9.72 Å². The number of carbonyl (C=O) groups is 1. The molecular weight excluding hydrogens is 268 g/mol. The minimum absolute atomic E-state index is 0.0157. The number of carbonyl (C=O) groups excluding carboxylic acids is 1. The van der Waals surface area contributed by atoms with Crippen molar-refractivity contribution in [1.82, 2.24) is 0 Å². The van der Waals surface area contributed by atoms with Crippen molar-refractivity contribution in [2.75, 3.05) is 11.4 Å².